The maximum absolute atomic E-state index is 13.2. The molecule has 192 valence electrons. The number of amides is 1. The van der Waals surface area contributed by atoms with Crippen molar-refractivity contribution in [2.45, 2.75) is 25.7 Å². The lowest BCUT2D eigenvalue weighted by molar-refractivity contribution is -0.396. The number of carbonyl (C=O) groups excluding carboxylic acids is 1. The van der Waals surface area contributed by atoms with E-state index >= 15 is 0 Å². The van der Waals surface area contributed by atoms with Gasteiger partial charge in [-0.3, -0.25) is 34.4 Å². The molecule has 38 heavy (non-hydrogen) atoms. The van der Waals surface area contributed by atoms with E-state index in [2.05, 4.69) is 15.5 Å². The predicted octanol–water partition coefficient (Wildman–Crippen LogP) is 3.61. The van der Waals surface area contributed by atoms with Crippen LogP contribution in [0.3, 0.4) is 0 Å². The average molecular weight is 535 g/mol. The van der Waals surface area contributed by atoms with Crippen LogP contribution in [0.4, 0.5) is 11.4 Å². The molecule has 5 rings (SSSR count). The molecule has 2 heterocycles. The standard InChI is InChI=1S/C24H18N6O7S/c31-21-17(29(34)35)9-13(10-18(21)30(36)37)11-26-27-22(32)14-5-7-15(8-6-14)28-12-25-23-20(24(28)33)16-3-1-2-4-19(16)38-23/h5-12,31H,1-4H2,(H,27,32)/b26-11-. The monoisotopic (exact) mass is 534 g/mol. The number of hydrogen-bond donors (Lipinski definition) is 2. The third-order valence-electron chi connectivity index (χ3n) is 6.15. The summed E-state index contributed by atoms with van der Waals surface area (Å²) in [5.74, 6) is -1.70. The van der Waals surface area contributed by atoms with Crippen LogP contribution in [0.25, 0.3) is 15.9 Å². The molecule has 0 bridgehead atoms. The molecule has 0 spiro atoms. The second kappa shape index (κ2) is 9.82. The van der Waals surface area contributed by atoms with Gasteiger partial charge in [0.05, 0.1) is 27.1 Å². The van der Waals surface area contributed by atoms with Gasteiger partial charge in [0.25, 0.3) is 17.2 Å². The third kappa shape index (κ3) is 4.48. The van der Waals surface area contributed by atoms with Crippen LogP contribution in [0.2, 0.25) is 0 Å². The van der Waals surface area contributed by atoms with E-state index in [1.165, 1.54) is 27.9 Å². The highest BCUT2D eigenvalue weighted by molar-refractivity contribution is 7.18. The van der Waals surface area contributed by atoms with Gasteiger partial charge < -0.3 is 5.11 Å². The number of phenolic OH excluding ortho intramolecular Hbond substituents is 1. The summed E-state index contributed by atoms with van der Waals surface area (Å²) in [6.07, 6.45) is 6.43. The van der Waals surface area contributed by atoms with Crippen molar-refractivity contribution in [3.05, 3.63) is 94.9 Å². The van der Waals surface area contributed by atoms with Gasteiger partial charge in [-0.1, -0.05) is 0 Å². The minimum Gasteiger partial charge on any atom is -0.497 e. The van der Waals surface area contributed by atoms with E-state index in [4.69, 9.17) is 0 Å². The topological polar surface area (TPSA) is 183 Å². The largest absolute Gasteiger partial charge is 0.497 e. The first kappa shape index (κ1) is 24.7. The molecule has 0 atom stereocenters. The van der Waals surface area contributed by atoms with Gasteiger partial charge in [0.1, 0.15) is 11.2 Å². The van der Waals surface area contributed by atoms with Crippen molar-refractivity contribution in [3.8, 4) is 11.4 Å². The Morgan fingerprint density at radius 3 is 2.42 bits per heavy atom. The van der Waals surface area contributed by atoms with Gasteiger partial charge in [0.15, 0.2) is 0 Å². The average Bonchev–Trinajstić information content (AvgIpc) is 3.29. The van der Waals surface area contributed by atoms with Crippen LogP contribution in [0, 0.1) is 20.2 Å². The Morgan fingerprint density at radius 2 is 1.76 bits per heavy atom. The van der Waals surface area contributed by atoms with Crippen molar-refractivity contribution in [1.29, 1.82) is 0 Å². The molecule has 13 nitrogen and oxygen atoms in total. The van der Waals surface area contributed by atoms with Gasteiger partial charge in [-0.25, -0.2) is 10.4 Å². The SMILES string of the molecule is O=C(N/N=C\c1cc([N+](=O)[O-])c(O)c([N+](=O)[O-])c1)c1ccc(-n2cnc3sc4c(c3c2=O)CCCC4)cc1. The summed E-state index contributed by atoms with van der Waals surface area (Å²) < 4.78 is 1.44. The number of nitrogens with zero attached hydrogens (tertiary/aromatic N) is 5. The summed E-state index contributed by atoms with van der Waals surface area (Å²) in [6.45, 7) is 0. The minimum absolute atomic E-state index is 0.0743. The number of carbonyl (C=O) groups is 1. The molecule has 0 saturated carbocycles. The first-order valence-corrected chi connectivity index (χ1v) is 12.2. The van der Waals surface area contributed by atoms with Crippen LogP contribution in [-0.2, 0) is 12.8 Å². The molecule has 2 aromatic carbocycles. The summed E-state index contributed by atoms with van der Waals surface area (Å²) >= 11 is 1.57. The Kier molecular flexibility index (Phi) is 6.38. The Morgan fingerprint density at radius 1 is 1.11 bits per heavy atom. The highest BCUT2D eigenvalue weighted by atomic mass is 32.1. The Bertz CT molecular complexity index is 1670. The van der Waals surface area contributed by atoms with Crippen molar-refractivity contribution in [2.24, 2.45) is 5.10 Å². The number of nitrogens with one attached hydrogen (secondary N) is 1. The molecule has 1 aliphatic carbocycles. The van der Waals surface area contributed by atoms with Crippen LogP contribution in [-0.4, -0.2) is 36.6 Å². The summed E-state index contributed by atoms with van der Waals surface area (Å²) in [7, 11) is 0. The van der Waals surface area contributed by atoms with Crippen molar-refractivity contribution < 1.29 is 19.7 Å². The van der Waals surface area contributed by atoms with Gasteiger partial charge in [-0.15, -0.1) is 11.3 Å². The fourth-order valence-corrected chi connectivity index (χ4v) is 5.53. The number of aromatic hydroxyl groups is 1. The second-order valence-electron chi connectivity index (χ2n) is 8.48. The van der Waals surface area contributed by atoms with E-state index in [0.717, 1.165) is 54.4 Å². The Balaban J connectivity index is 1.34. The molecule has 0 radical (unpaired) electrons. The predicted molar refractivity (Wildman–Crippen MR) is 138 cm³/mol. The molecule has 1 aliphatic rings. The highest BCUT2D eigenvalue weighted by Gasteiger charge is 2.26. The number of fused-ring (bicyclic) bond motifs is 3. The summed E-state index contributed by atoms with van der Waals surface area (Å²) in [6, 6.07) is 7.96. The lowest BCUT2D eigenvalue weighted by Gasteiger charge is -2.10. The molecular formula is C24H18N6O7S. The fourth-order valence-electron chi connectivity index (χ4n) is 4.31. The van der Waals surface area contributed by atoms with Gasteiger partial charge in [0, 0.05) is 28.1 Å². The first-order chi connectivity index (χ1) is 18.2. The highest BCUT2D eigenvalue weighted by Crippen LogP contribution is 2.36. The van der Waals surface area contributed by atoms with Crippen LogP contribution in [0.15, 0.2) is 52.6 Å². The number of thiophene rings is 1. The molecule has 0 unspecified atom stereocenters. The summed E-state index contributed by atoms with van der Waals surface area (Å²) in [4.78, 5) is 52.4. The fraction of sp³-hybridized carbons (Fsp3) is 0.167. The van der Waals surface area contributed by atoms with Gasteiger partial charge in [0.2, 0.25) is 0 Å². The lowest BCUT2D eigenvalue weighted by atomic mass is 9.97. The van der Waals surface area contributed by atoms with Crippen molar-refractivity contribution in [2.75, 3.05) is 0 Å². The number of aryl methyl sites for hydroxylation is 2. The van der Waals surface area contributed by atoms with E-state index in [1.807, 2.05) is 0 Å². The first-order valence-electron chi connectivity index (χ1n) is 11.4. The Hall–Kier alpha value is -4.98. The molecular weight excluding hydrogens is 516 g/mol. The van der Waals surface area contributed by atoms with E-state index in [9.17, 15) is 34.9 Å². The number of hydrazone groups is 1. The van der Waals surface area contributed by atoms with E-state index in [-0.39, 0.29) is 16.7 Å². The maximum Gasteiger partial charge on any atom is 0.318 e. The molecule has 0 fully saturated rings. The molecule has 2 N–H and O–H groups in total. The normalized spacial score (nSPS) is 12.9. The van der Waals surface area contributed by atoms with E-state index < -0.39 is 32.9 Å². The van der Waals surface area contributed by atoms with Crippen LogP contribution < -0.4 is 11.0 Å². The Labute approximate surface area is 217 Å². The quantitative estimate of drug-likeness (QED) is 0.213. The van der Waals surface area contributed by atoms with Gasteiger partial charge in [-0.05, 0) is 55.5 Å². The van der Waals surface area contributed by atoms with E-state index in [1.54, 1.807) is 23.5 Å². The second-order valence-corrected chi connectivity index (χ2v) is 9.56. The molecule has 4 aromatic rings. The van der Waals surface area contributed by atoms with Gasteiger partial charge in [-0.2, -0.15) is 5.10 Å². The molecule has 2 aromatic heterocycles. The van der Waals surface area contributed by atoms with Crippen molar-refractivity contribution >= 4 is 45.0 Å². The number of nitro groups is 2. The van der Waals surface area contributed by atoms with Crippen molar-refractivity contribution in [1.82, 2.24) is 15.0 Å². The number of phenols is 1. The zero-order valence-electron chi connectivity index (χ0n) is 19.5. The van der Waals surface area contributed by atoms with E-state index in [0.29, 0.717) is 11.1 Å². The number of rotatable bonds is 6. The van der Waals surface area contributed by atoms with Crippen LogP contribution in [0.5, 0.6) is 5.75 Å². The summed E-state index contributed by atoms with van der Waals surface area (Å²) in [5.41, 5.74) is 2.09. The molecule has 14 heteroatoms. The zero-order chi connectivity index (χ0) is 27.0. The zero-order valence-corrected chi connectivity index (χ0v) is 20.3. The minimum atomic E-state index is -1.08. The van der Waals surface area contributed by atoms with Gasteiger partial charge >= 0.3 is 11.4 Å². The maximum atomic E-state index is 13.2. The molecule has 0 saturated heterocycles. The van der Waals surface area contributed by atoms with Crippen molar-refractivity contribution in [3.63, 3.8) is 0 Å². The third-order valence-corrected chi connectivity index (χ3v) is 7.35. The van der Waals surface area contributed by atoms with Crippen LogP contribution >= 0.6 is 11.3 Å². The number of aromatic nitrogens is 2. The molecule has 1 amide bonds. The number of nitro benzene ring substituents is 2. The molecule has 0 aliphatic heterocycles. The lowest BCUT2D eigenvalue weighted by Crippen LogP contribution is -2.20. The number of hydrogen-bond acceptors (Lipinski definition) is 10. The smallest absolute Gasteiger partial charge is 0.318 e. The number of benzene rings is 2. The summed E-state index contributed by atoms with van der Waals surface area (Å²) in [5, 5.41) is 36.2. The van der Waals surface area contributed by atoms with Crippen LogP contribution in [0.1, 0.15) is 39.2 Å².